The fourth-order valence-corrected chi connectivity index (χ4v) is 4.81. The van der Waals surface area contributed by atoms with Crippen LogP contribution in [0.4, 0.5) is 10.1 Å². The topological polar surface area (TPSA) is 89.6 Å². The smallest absolute Gasteiger partial charge is 0.341 e. The maximum atomic E-state index is 15.3. The summed E-state index contributed by atoms with van der Waals surface area (Å²) in [5, 5.41) is 18.3. The molecule has 164 valence electrons. The number of anilines is 1. The van der Waals surface area contributed by atoms with E-state index in [-0.39, 0.29) is 17.0 Å². The molecule has 1 aromatic carbocycles. The highest BCUT2D eigenvalue weighted by Crippen LogP contribution is 2.40. The molecule has 2 heterocycles. The number of fused-ring (bicyclic) bond motifs is 1. The van der Waals surface area contributed by atoms with E-state index in [1.165, 1.54) is 12.3 Å². The van der Waals surface area contributed by atoms with Gasteiger partial charge < -0.3 is 19.5 Å². The van der Waals surface area contributed by atoms with E-state index in [9.17, 15) is 14.7 Å². The van der Waals surface area contributed by atoms with Crippen LogP contribution in [0, 0.1) is 30.0 Å². The molecule has 2 fully saturated rings. The largest absolute Gasteiger partial charge is 0.477 e. The van der Waals surface area contributed by atoms with Crippen LogP contribution in [-0.4, -0.2) is 53.8 Å². The number of nitrogens with zero attached hydrogens (tertiary/aromatic N) is 4. The number of hydrogen-bond donors (Lipinski definition) is 1. The number of rotatable bonds is 7. The molecule has 7 nitrogen and oxygen atoms in total. The zero-order chi connectivity index (χ0) is 22.3. The number of carboxylic acids is 1. The summed E-state index contributed by atoms with van der Waals surface area (Å²) in [6.07, 6.45) is 4.69. The third-order valence-electron chi connectivity index (χ3n) is 6.43. The molecule has 1 atom stereocenters. The van der Waals surface area contributed by atoms with Crippen LogP contribution in [0.3, 0.4) is 0 Å². The minimum absolute atomic E-state index is 0.137. The van der Waals surface area contributed by atoms with Crippen LogP contribution in [-0.2, 0) is 0 Å². The number of aryl methyl sites for hydroxylation is 1. The average molecular weight is 426 g/mol. The molecule has 1 aliphatic carbocycles. The molecule has 0 radical (unpaired) electrons. The summed E-state index contributed by atoms with van der Waals surface area (Å²) in [4.78, 5) is 28.5. The van der Waals surface area contributed by atoms with Crippen molar-refractivity contribution in [3.05, 3.63) is 39.4 Å². The molecule has 1 saturated heterocycles. The molecule has 1 unspecified atom stereocenters. The number of nitriles is 1. The number of aromatic nitrogens is 1. The van der Waals surface area contributed by atoms with Gasteiger partial charge in [0.25, 0.3) is 0 Å². The second-order valence-electron chi connectivity index (χ2n) is 8.81. The molecule has 1 aromatic heterocycles. The predicted octanol–water partition coefficient (Wildman–Crippen LogP) is 3.15. The molecule has 0 spiro atoms. The van der Waals surface area contributed by atoms with Crippen molar-refractivity contribution >= 4 is 22.6 Å². The minimum Gasteiger partial charge on any atom is -0.477 e. The first kappa shape index (κ1) is 21.3. The van der Waals surface area contributed by atoms with E-state index in [0.717, 1.165) is 38.9 Å². The summed E-state index contributed by atoms with van der Waals surface area (Å²) in [5.41, 5.74) is 0.892. The van der Waals surface area contributed by atoms with Crippen molar-refractivity contribution < 1.29 is 14.3 Å². The van der Waals surface area contributed by atoms with Crippen LogP contribution < -0.4 is 10.3 Å². The van der Waals surface area contributed by atoms with E-state index in [2.05, 4.69) is 11.0 Å². The summed E-state index contributed by atoms with van der Waals surface area (Å²) in [6.45, 7) is 4.82. The Bertz CT molecular complexity index is 1130. The SMILES string of the molecule is Cc1c(N2CCC(CN(C)CCC#N)C2)c(F)cc2c(=O)c(C(=O)O)cn(C3CC3)c12. The van der Waals surface area contributed by atoms with Crippen molar-refractivity contribution in [2.45, 2.75) is 38.6 Å². The number of benzene rings is 1. The number of hydrogen-bond acceptors (Lipinski definition) is 5. The lowest BCUT2D eigenvalue weighted by atomic mass is 10.0. The Morgan fingerprint density at radius 2 is 2.13 bits per heavy atom. The van der Waals surface area contributed by atoms with Crippen LogP contribution in [0.2, 0.25) is 0 Å². The van der Waals surface area contributed by atoms with Gasteiger partial charge in [-0.25, -0.2) is 9.18 Å². The van der Waals surface area contributed by atoms with E-state index in [1.807, 2.05) is 23.4 Å². The zero-order valence-electron chi connectivity index (χ0n) is 17.9. The average Bonchev–Trinajstić information content (AvgIpc) is 3.47. The quantitative estimate of drug-likeness (QED) is 0.732. The predicted molar refractivity (Wildman–Crippen MR) is 116 cm³/mol. The summed E-state index contributed by atoms with van der Waals surface area (Å²) in [6, 6.07) is 3.53. The molecule has 1 aliphatic heterocycles. The van der Waals surface area contributed by atoms with Crippen LogP contribution >= 0.6 is 0 Å². The zero-order valence-corrected chi connectivity index (χ0v) is 17.9. The first-order chi connectivity index (χ1) is 14.8. The van der Waals surface area contributed by atoms with Crippen molar-refractivity contribution in [3.63, 3.8) is 0 Å². The van der Waals surface area contributed by atoms with Gasteiger partial charge in [0.15, 0.2) is 0 Å². The van der Waals surface area contributed by atoms with Gasteiger partial charge in [-0.3, -0.25) is 4.79 Å². The minimum atomic E-state index is -1.29. The van der Waals surface area contributed by atoms with Gasteiger partial charge in [-0.15, -0.1) is 0 Å². The summed E-state index contributed by atoms with van der Waals surface area (Å²) in [7, 11) is 2.00. The van der Waals surface area contributed by atoms with E-state index in [1.54, 1.807) is 0 Å². The normalized spacial score (nSPS) is 18.7. The maximum absolute atomic E-state index is 15.3. The van der Waals surface area contributed by atoms with E-state index in [0.29, 0.717) is 35.7 Å². The Morgan fingerprint density at radius 1 is 1.39 bits per heavy atom. The fraction of sp³-hybridized carbons (Fsp3) is 0.522. The summed E-state index contributed by atoms with van der Waals surface area (Å²) >= 11 is 0. The molecule has 2 aliphatic rings. The maximum Gasteiger partial charge on any atom is 0.341 e. The van der Waals surface area contributed by atoms with E-state index in [4.69, 9.17) is 5.26 Å². The molecule has 0 bridgehead atoms. The Kier molecular flexibility index (Phi) is 5.71. The lowest BCUT2D eigenvalue weighted by Crippen LogP contribution is -2.29. The molecule has 31 heavy (non-hydrogen) atoms. The van der Waals surface area contributed by atoms with Crippen LogP contribution in [0.15, 0.2) is 17.1 Å². The summed E-state index contributed by atoms with van der Waals surface area (Å²) < 4.78 is 17.1. The van der Waals surface area contributed by atoms with Crippen molar-refractivity contribution in [2.24, 2.45) is 5.92 Å². The number of halogens is 1. The van der Waals surface area contributed by atoms with Crippen molar-refractivity contribution in [2.75, 3.05) is 38.1 Å². The molecule has 0 amide bonds. The van der Waals surface area contributed by atoms with Crippen molar-refractivity contribution in [3.8, 4) is 6.07 Å². The molecular formula is C23H27FN4O3. The van der Waals surface area contributed by atoms with Gasteiger partial charge in [0, 0.05) is 50.2 Å². The van der Waals surface area contributed by atoms with Crippen molar-refractivity contribution in [1.29, 1.82) is 5.26 Å². The Hall–Kier alpha value is -2.92. The highest BCUT2D eigenvalue weighted by atomic mass is 19.1. The monoisotopic (exact) mass is 426 g/mol. The lowest BCUT2D eigenvalue weighted by Gasteiger charge is -2.25. The van der Waals surface area contributed by atoms with Crippen LogP contribution in [0.5, 0.6) is 0 Å². The number of carbonyl (C=O) groups is 1. The Balaban J connectivity index is 1.71. The van der Waals surface area contributed by atoms with Gasteiger partial charge in [-0.1, -0.05) is 0 Å². The van der Waals surface area contributed by atoms with E-state index >= 15 is 4.39 Å². The number of carboxylic acid groups (broad SMARTS) is 1. The summed E-state index contributed by atoms with van der Waals surface area (Å²) in [5.74, 6) is -1.39. The van der Waals surface area contributed by atoms with Crippen molar-refractivity contribution in [1.82, 2.24) is 9.47 Å². The fourth-order valence-electron chi connectivity index (χ4n) is 4.81. The molecule has 1 N–H and O–H groups in total. The highest BCUT2D eigenvalue weighted by molar-refractivity contribution is 5.95. The first-order valence-corrected chi connectivity index (χ1v) is 10.7. The van der Waals surface area contributed by atoms with Gasteiger partial charge in [0.1, 0.15) is 11.4 Å². The molecule has 2 aromatic rings. The Morgan fingerprint density at radius 3 is 2.77 bits per heavy atom. The van der Waals surface area contributed by atoms with Crippen LogP contribution in [0.1, 0.15) is 47.6 Å². The van der Waals surface area contributed by atoms with Gasteiger partial charge >= 0.3 is 5.97 Å². The first-order valence-electron chi connectivity index (χ1n) is 10.7. The van der Waals surface area contributed by atoms with Gasteiger partial charge in [-0.2, -0.15) is 5.26 Å². The Labute approximate surface area is 180 Å². The van der Waals surface area contributed by atoms with E-state index < -0.39 is 17.2 Å². The molecular weight excluding hydrogens is 399 g/mol. The highest BCUT2D eigenvalue weighted by Gasteiger charge is 2.31. The lowest BCUT2D eigenvalue weighted by molar-refractivity contribution is 0.0695. The van der Waals surface area contributed by atoms with Crippen LogP contribution in [0.25, 0.3) is 10.9 Å². The standard InChI is InChI=1S/C23H27FN4O3/c1-14-20-17(22(29)18(23(30)31)13-28(20)16-4-5-16)10-19(24)21(14)27-9-6-15(12-27)11-26(2)8-3-7-25/h10,13,15-16H,3-6,8-9,11-12H2,1-2H3,(H,30,31). The molecule has 1 saturated carbocycles. The van der Waals surface area contributed by atoms with Gasteiger partial charge in [0.05, 0.1) is 17.3 Å². The second-order valence-corrected chi connectivity index (χ2v) is 8.81. The van der Waals surface area contributed by atoms with Gasteiger partial charge in [-0.05, 0) is 50.8 Å². The molecule has 8 heteroatoms. The van der Waals surface area contributed by atoms with Gasteiger partial charge in [0.2, 0.25) is 5.43 Å². The number of pyridine rings is 1. The third kappa shape index (κ3) is 4.02. The second kappa shape index (κ2) is 8.31. The molecule has 4 rings (SSSR count). The third-order valence-corrected chi connectivity index (χ3v) is 6.43. The number of aromatic carboxylic acids is 1.